The van der Waals surface area contributed by atoms with Crippen LogP contribution in [-0.2, 0) is 36.2 Å². The number of amides is 2. The number of aromatic nitrogens is 4. The Morgan fingerprint density at radius 1 is 1.29 bits per heavy atom. The minimum absolute atomic E-state index is 0.0957. The molecule has 2 aromatic heterocycles. The number of fused-ring (bicyclic) bond motifs is 1. The van der Waals surface area contributed by atoms with E-state index in [-0.39, 0.29) is 17.4 Å². The number of piperidine rings is 1. The molecule has 1 aliphatic carbocycles. The SMILES string of the molecule is Cn1nc(C(=O)NCC2CC2)c2c1CC1(CCN(C(=O)CCn3ccnc3)CC1)OC2. The summed E-state index contributed by atoms with van der Waals surface area (Å²) in [6.07, 6.45) is 10.6. The van der Waals surface area contributed by atoms with Gasteiger partial charge in [-0.25, -0.2) is 4.98 Å². The Hall–Kier alpha value is -2.68. The maximum atomic E-state index is 12.6. The minimum Gasteiger partial charge on any atom is -0.370 e. The molecule has 2 aromatic rings. The molecule has 9 nitrogen and oxygen atoms in total. The van der Waals surface area contributed by atoms with Crippen LogP contribution in [-0.4, -0.2) is 61.3 Å². The quantitative estimate of drug-likeness (QED) is 0.751. The van der Waals surface area contributed by atoms with E-state index in [0.29, 0.717) is 44.3 Å². The minimum atomic E-state index is -0.274. The molecule has 5 rings (SSSR count). The Balaban J connectivity index is 1.19. The fourth-order valence-electron chi connectivity index (χ4n) is 4.67. The van der Waals surface area contributed by atoms with Gasteiger partial charge in [0.2, 0.25) is 5.91 Å². The monoisotopic (exact) mass is 426 g/mol. The van der Waals surface area contributed by atoms with Crippen molar-refractivity contribution in [2.24, 2.45) is 13.0 Å². The van der Waals surface area contributed by atoms with Crippen molar-refractivity contribution >= 4 is 11.8 Å². The Labute approximate surface area is 181 Å². The van der Waals surface area contributed by atoms with Crippen LogP contribution in [0, 0.1) is 5.92 Å². The first kappa shape index (κ1) is 20.2. The molecule has 31 heavy (non-hydrogen) atoms. The van der Waals surface area contributed by atoms with Crippen LogP contribution < -0.4 is 5.32 Å². The lowest BCUT2D eigenvalue weighted by Gasteiger charge is -2.44. The maximum Gasteiger partial charge on any atom is 0.272 e. The lowest BCUT2D eigenvalue weighted by molar-refractivity contribution is -0.141. The second-order valence-electron chi connectivity index (χ2n) is 9.13. The molecule has 4 heterocycles. The van der Waals surface area contributed by atoms with E-state index in [1.54, 1.807) is 12.5 Å². The Morgan fingerprint density at radius 3 is 2.81 bits per heavy atom. The summed E-state index contributed by atoms with van der Waals surface area (Å²) >= 11 is 0. The number of aryl methyl sites for hydroxylation is 2. The van der Waals surface area contributed by atoms with Gasteiger partial charge in [-0.05, 0) is 31.6 Å². The number of imidazole rings is 1. The molecule has 2 fully saturated rings. The zero-order valence-corrected chi connectivity index (χ0v) is 18.0. The van der Waals surface area contributed by atoms with Crippen molar-refractivity contribution in [1.82, 2.24) is 29.5 Å². The molecule has 0 atom stereocenters. The first-order valence-electron chi connectivity index (χ1n) is 11.2. The van der Waals surface area contributed by atoms with Gasteiger partial charge in [-0.3, -0.25) is 14.3 Å². The fourth-order valence-corrected chi connectivity index (χ4v) is 4.67. The first-order valence-corrected chi connectivity index (χ1v) is 11.2. The van der Waals surface area contributed by atoms with Gasteiger partial charge < -0.3 is 19.5 Å². The molecule has 1 N–H and O–H groups in total. The van der Waals surface area contributed by atoms with Gasteiger partial charge in [0, 0.05) is 69.7 Å². The molecule has 1 spiro atoms. The first-order chi connectivity index (χ1) is 15.0. The molecule has 3 aliphatic rings. The van der Waals surface area contributed by atoms with Crippen LogP contribution in [0.15, 0.2) is 18.7 Å². The molecular weight excluding hydrogens is 396 g/mol. The van der Waals surface area contributed by atoms with Gasteiger partial charge in [0.1, 0.15) is 0 Å². The average molecular weight is 427 g/mol. The summed E-state index contributed by atoms with van der Waals surface area (Å²) in [7, 11) is 1.91. The second kappa shape index (κ2) is 8.11. The molecular formula is C22H30N6O3. The number of hydrogen-bond donors (Lipinski definition) is 1. The molecule has 0 aromatic carbocycles. The van der Waals surface area contributed by atoms with E-state index in [9.17, 15) is 9.59 Å². The Kier molecular flexibility index (Phi) is 5.29. The van der Waals surface area contributed by atoms with Gasteiger partial charge in [-0.1, -0.05) is 0 Å². The van der Waals surface area contributed by atoms with E-state index in [1.165, 1.54) is 12.8 Å². The summed E-state index contributed by atoms with van der Waals surface area (Å²) in [6, 6.07) is 0. The van der Waals surface area contributed by atoms with Crippen molar-refractivity contribution in [1.29, 1.82) is 0 Å². The van der Waals surface area contributed by atoms with E-state index in [2.05, 4.69) is 15.4 Å². The van der Waals surface area contributed by atoms with E-state index in [1.807, 2.05) is 27.4 Å². The summed E-state index contributed by atoms with van der Waals surface area (Å²) < 4.78 is 10.1. The van der Waals surface area contributed by atoms with E-state index in [0.717, 1.165) is 37.1 Å². The maximum absolute atomic E-state index is 12.6. The fraction of sp³-hybridized carbons (Fsp3) is 0.636. The summed E-state index contributed by atoms with van der Waals surface area (Å²) in [5, 5.41) is 7.53. The van der Waals surface area contributed by atoms with Crippen molar-refractivity contribution in [2.75, 3.05) is 19.6 Å². The third kappa shape index (κ3) is 4.23. The average Bonchev–Trinajstić information content (AvgIpc) is 3.36. The number of nitrogens with one attached hydrogen (secondary N) is 1. The third-order valence-corrected chi connectivity index (χ3v) is 6.92. The second-order valence-corrected chi connectivity index (χ2v) is 9.13. The highest BCUT2D eigenvalue weighted by Gasteiger charge is 2.42. The van der Waals surface area contributed by atoms with E-state index < -0.39 is 0 Å². The normalized spacial score (nSPS) is 20.0. The number of hydrogen-bond acceptors (Lipinski definition) is 5. The molecule has 2 amide bonds. The van der Waals surface area contributed by atoms with Gasteiger partial charge in [-0.15, -0.1) is 0 Å². The number of nitrogens with zero attached hydrogens (tertiary/aromatic N) is 5. The highest BCUT2D eigenvalue weighted by molar-refractivity contribution is 5.94. The summed E-state index contributed by atoms with van der Waals surface area (Å²) in [6.45, 7) is 3.19. The lowest BCUT2D eigenvalue weighted by Crippen LogP contribution is -2.50. The number of carbonyl (C=O) groups is 2. The Bertz CT molecular complexity index is 954. The summed E-state index contributed by atoms with van der Waals surface area (Å²) in [5.41, 5.74) is 2.23. The standard InChI is InChI=1S/C22H30N6O3/c1-26-18-12-22(31-14-17(18)20(25-26)21(30)24-13-16-2-3-16)5-9-28(10-6-22)19(29)4-8-27-11-7-23-15-27/h7,11,15-16H,2-6,8-10,12-14H2,1H3,(H,24,30). The number of likely N-dealkylation sites (tertiary alicyclic amines) is 1. The van der Waals surface area contributed by atoms with Crippen LogP contribution in [0.25, 0.3) is 0 Å². The zero-order valence-electron chi connectivity index (χ0n) is 18.0. The molecule has 0 bridgehead atoms. The molecule has 0 unspecified atom stereocenters. The van der Waals surface area contributed by atoms with E-state index in [4.69, 9.17) is 4.74 Å². The lowest BCUT2D eigenvalue weighted by atomic mass is 9.83. The largest absolute Gasteiger partial charge is 0.370 e. The predicted molar refractivity (Wildman–Crippen MR) is 112 cm³/mol. The van der Waals surface area contributed by atoms with Crippen LogP contribution in [0.5, 0.6) is 0 Å². The van der Waals surface area contributed by atoms with Crippen molar-refractivity contribution < 1.29 is 14.3 Å². The van der Waals surface area contributed by atoms with Crippen molar-refractivity contribution in [3.63, 3.8) is 0 Å². The van der Waals surface area contributed by atoms with Crippen molar-refractivity contribution in [3.05, 3.63) is 35.7 Å². The topological polar surface area (TPSA) is 94.3 Å². The summed E-state index contributed by atoms with van der Waals surface area (Å²) in [5.74, 6) is 0.715. The van der Waals surface area contributed by atoms with Gasteiger partial charge in [-0.2, -0.15) is 5.10 Å². The molecule has 166 valence electrons. The van der Waals surface area contributed by atoms with Crippen molar-refractivity contribution in [2.45, 2.75) is 57.3 Å². The third-order valence-electron chi connectivity index (χ3n) is 6.92. The highest BCUT2D eigenvalue weighted by atomic mass is 16.5. The van der Waals surface area contributed by atoms with Gasteiger partial charge in [0.15, 0.2) is 5.69 Å². The van der Waals surface area contributed by atoms with Crippen LogP contribution in [0.2, 0.25) is 0 Å². The van der Waals surface area contributed by atoms with Gasteiger partial charge >= 0.3 is 0 Å². The van der Waals surface area contributed by atoms with Crippen LogP contribution in [0.3, 0.4) is 0 Å². The predicted octanol–water partition coefficient (Wildman–Crippen LogP) is 1.28. The van der Waals surface area contributed by atoms with Crippen LogP contribution >= 0.6 is 0 Å². The van der Waals surface area contributed by atoms with E-state index >= 15 is 0 Å². The number of rotatable bonds is 6. The molecule has 2 aliphatic heterocycles. The van der Waals surface area contributed by atoms with Crippen molar-refractivity contribution in [3.8, 4) is 0 Å². The van der Waals surface area contributed by atoms with Gasteiger partial charge in [0.05, 0.1) is 18.5 Å². The molecule has 1 saturated carbocycles. The number of ether oxygens (including phenoxy) is 1. The highest BCUT2D eigenvalue weighted by Crippen LogP contribution is 2.37. The van der Waals surface area contributed by atoms with Crippen LogP contribution in [0.1, 0.15) is 53.8 Å². The molecule has 9 heteroatoms. The van der Waals surface area contributed by atoms with Crippen LogP contribution in [0.4, 0.5) is 0 Å². The summed E-state index contributed by atoms with van der Waals surface area (Å²) in [4.78, 5) is 31.2. The smallest absolute Gasteiger partial charge is 0.272 e. The number of carbonyl (C=O) groups excluding carboxylic acids is 2. The molecule has 1 saturated heterocycles. The Morgan fingerprint density at radius 2 is 2.10 bits per heavy atom. The molecule has 0 radical (unpaired) electrons. The zero-order chi connectivity index (χ0) is 21.4. The van der Waals surface area contributed by atoms with Gasteiger partial charge in [0.25, 0.3) is 5.91 Å².